The highest BCUT2D eigenvalue weighted by Gasteiger charge is 2.47. The molecule has 2 N–H and O–H groups in total. The van der Waals surface area contributed by atoms with Crippen LogP contribution in [0.4, 0.5) is 0 Å². The van der Waals surface area contributed by atoms with Crippen molar-refractivity contribution in [2.24, 2.45) is 11.1 Å². The van der Waals surface area contributed by atoms with Crippen LogP contribution in [0.2, 0.25) is 0 Å². The largest absolute Gasteiger partial charge is 0.325 e. The number of nitrogens with two attached hydrogens (primary N) is 1. The van der Waals surface area contributed by atoms with Crippen molar-refractivity contribution in [1.82, 2.24) is 0 Å². The molecule has 64 valence electrons. The van der Waals surface area contributed by atoms with Gasteiger partial charge in [-0.15, -0.1) is 0 Å². The van der Waals surface area contributed by atoms with Crippen molar-refractivity contribution in [3.05, 3.63) is 0 Å². The standard InChI is InChI=1S/C10H19N/c1-2-9(4-3-5-9)8-10(11)6-7-10/h2-8,11H2,1H3. The van der Waals surface area contributed by atoms with Crippen molar-refractivity contribution in [3.63, 3.8) is 0 Å². The van der Waals surface area contributed by atoms with Gasteiger partial charge in [0, 0.05) is 5.54 Å². The molecule has 0 atom stereocenters. The molecule has 0 spiro atoms. The molecule has 2 fully saturated rings. The molecule has 2 rings (SSSR count). The fourth-order valence-corrected chi connectivity index (χ4v) is 2.42. The second kappa shape index (κ2) is 2.22. The van der Waals surface area contributed by atoms with E-state index in [9.17, 15) is 0 Å². The molecule has 0 saturated heterocycles. The zero-order chi connectivity index (χ0) is 7.95. The maximum Gasteiger partial charge on any atom is 0.0161 e. The normalized spacial score (nSPS) is 31.1. The third-order valence-corrected chi connectivity index (χ3v) is 3.78. The van der Waals surface area contributed by atoms with Gasteiger partial charge in [0.05, 0.1) is 0 Å². The highest BCUT2D eigenvalue weighted by Crippen LogP contribution is 2.53. The first-order chi connectivity index (χ1) is 5.18. The fourth-order valence-electron chi connectivity index (χ4n) is 2.42. The number of rotatable bonds is 3. The monoisotopic (exact) mass is 153 g/mol. The molecule has 0 aliphatic heterocycles. The Hall–Kier alpha value is -0.0400. The Morgan fingerprint density at radius 2 is 1.82 bits per heavy atom. The van der Waals surface area contributed by atoms with Crippen molar-refractivity contribution >= 4 is 0 Å². The first-order valence-electron chi connectivity index (χ1n) is 4.97. The Morgan fingerprint density at radius 1 is 1.18 bits per heavy atom. The maximum absolute atomic E-state index is 6.12. The summed E-state index contributed by atoms with van der Waals surface area (Å²) >= 11 is 0. The average molecular weight is 153 g/mol. The lowest BCUT2D eigenvalue weighted by atomic mass is 9.63. The Kier molecular flexibility index (Phi) is 1.54. The third-order valence-electron chi connectivity index (χ3n) is 3.78. The molecule has 0 aromatic carbocycles. The molecule has 1 nitrogen and oxygen atoms in total. The molecule has 1 heteroatoms. The third kappa shape index (κ3) is 1.31. The number of hydrogen-bond acceptors (Lipinski definition) is 1. The lowest BCUT2D eigenvalue weighted by molar-refractivity contribution is 0.0986. The molecular formula is C10H19N. The van der Waals surface area contributed by atoms with Crippen LogP contribution in [0.1, 0.15) is 51.9 Å². The zero-order valence-electron chi connectivity index (χ0n) is 7.53. The Balaban J connectivity index is 1.91. The van der Waals surface area contributed by atoms with E-state index in [2.05, 4.69) is 6.92 Å². The van der Waals surface area contributed by atoms with Crippen molar-refractivity contribution in [1.29, 1.82) is 0 Å². The van der Waals surface area contributed by atoms with E-state index in [-0.39, 0.29) is 5.54 Å². The van der Waals surface area contributed by atoms with Gasteiger partial charge in [0.2, 0.25) is 0 Å². The van der Waals surface area contributed by atoms with Crippen LogP contribution in [0.25, 0.3) is 0 Å². The first kappa shape index (κ1) is 7.60. The molecular weight excluding hydrogens is 134 g/mol. The number of hydrogen-bond donors (Lipinski definition) is 1. The summed E-state index contributed by atoms with van der Waals surface area (Å²) in [6.45, 7) is 2.32. The summed E-state index contributed by atoms with van der Waals surface area (Å²) < 4.78 is 0. The van der Waals surface area contributed by atoms with E-state index in [0.29, 0.717) is 5.41 Å². The second-order valence-electron chi connectivity index (χ2n) is 4.75. The Bertz CT molecular complexity index is 149. The van der Waals surface area contributed by atoms with Crippen molar-refractivity contribution in [2.75, 3.05) is 0 Å². The van der Waals surface area contributed by atoms with E-state index < -0.39 is 0 Å². The molecule has 0 unspecified atom stereocenters. The van der Waals surface area contributed by atoms with E-state index in [1.54, 1.807) is 0 Å². The van der Waals surface area contributed by atoms with Gasteiger partial charge < -0.3 is 5.73 Å². The van der Waals surface area contributed by atoms with Gasteiger partial charge in [-0.2, -0.15) is 0 Å². The smallest absolute Gasteiger partial charge is 0.0161 e. The molecule has 0 bridgehead atoms. The van der Waals surface area contributed by atoms with Crippen LogP contribution < -0.4 is 5.73 Å². The van der Waals surface area contributed by atoms with Gasteiger partial charge in [0.15, 0.2) is 0 Å². The minimum atomic E-state index is 0.288. The summed E-state index contributed by atoms with van der Waals surface area (Å²) in [6, 6.07) is 0. The summed E-state index contributed by atoms with van der Waals surface area (Å²) in [5, 5.41) is 0. The SMILES string of the molecule is CCC1(CC2(N)CC2)CCC1. The van der Waals surface area contributed by atoms with Crippen LogP contribution in [-0.2, 0) is 0 Å². The molecule has 0 radical (unpaired) electrons. The highest BCUT2D eigenvalue weighted by atomic mass is 14.8. The van der Waals surface area contributed by atoms with Gasteiger partial charge in [-0.05, 0) is 37.5 Å². The minimum Gasteiger partial charge on any atom is -0.325 e. The van der Waals surface area contributed by atoms with Crippen molar-refractivity contribution in [2.45, 2.75) is 57.4 Å². The topological polar surface area (TPSA) is 26.0 Å². The van der Waals surface area contributed by atoms with E-state index in [0.717, 1.165) is 0 Å². The van der Waals surface area contributed by atoms with Crippen LogP contribution in [-0.4, -0.2) is 5.54 Å². The maximum atomic E-state index is 6.12. The quantitative estimate of drug-likeness (QED) is 0.662. The zero-order valence-corrected chi connectivity index (χ0v) is 7.53. The summed E-state index contributed by atoms with van der Waals surface area (Å²) in [6.07, 6.45) is 9.58. The molecule has 0 amide bonds. The molecule has 2 aliphatic carbocycles. The van der Waals surface area contributed by atoms with E-state index in [1.165, 1.54) is 44.9 Å². The summed E-state index contributed by atoms with van der Waals surface area (Å²) in [5.41, 5.74) is 7.09. The van der Waals surface area contributed by atoms with Crippen LogP contribution >= 0.6 is 0 Å². The molecule has 0 aromatic rings. The van der Waals surface area contributed by atoms with Crippen LogP contribution in [0.5, 0.6) is 0 Å². The highest BCUT2D eigenvalue weighted by molar-refractivity contribution is 5.05. The average Bonchev–Trinajstić information content (AvgIpc) is 2.60. The van der Waals surface area contributed by atoms with Gasteiger partial charge in [-0.25, -0.2) is 0 Å². The first-order valence-corrected chi connectivity index (χ1v) is 4.97. The molecule has 2 aliphatic rings. The lowest BCUT2D eigenvalue weighted by Crippen LogP contribution is -2.37. The summed E-state index contributed by atoms with van der Waals surface area (Å²) in [7, 11) is 0. The second-order valence-corrected chi connectivity index (χ2v) is 4.75. The van der Waals surface area contributed by atoms with E-state index >= 15 is 0 Å². The van der Waals surface area contributed by atoms with Crippen LogP contribution in [0.15, 0.2) is 0 Å². The van der Waals surface area contributed by atoms with Crippen LogP contribution in [0.3, 0.4) is 0 Å². The van der Waals surface area contributed by atoms with Gasteiger partial charge in [0.1, 0.15) is 0 Å². The molecule has 2 saturated carbocycles. The van der Waals surface area contributed by atoms with Gasteiger partial charge in [-0.3, -0.25) is 0 Å². The van der Waals surface area contributed by atoms with Gasteiger partial charge >= 0.3 is 0 Å². The predicted octanol–water partition coefficient (Wildman–Crippen LogP) is 2.45. The van der Waals surface area contributed by atoms with E-state index in [4.69, 9.17) is 5.73 Å². The van der Waals surface area contributed by atoms with Crippen molar-refractivity contribution < 1.29 is 0 Å². The summed E-state index contributed by atoms with van der Waals surface area (Å²) in [4.78, 5) is 0. The Labute approximate surface area is 69.4 Å². The fraction of sp³-hybridized carbons (Fsp3) is 1.00. The minimum absolute atomic E-state index is 0.288. The molecule has 11 heavy (non-hydrogen) atoms. The molecule has 0 heterocycles. The lowest BCUT2D eigenvalue weighted by Gasteiger charge is -2.43. The van der Waals surface area contributed by atoms with E-state index in [1.807, 2.05) is 0 Å². The van der Waals surface area contributed by atoms with Crippen LogP contribution in [0, 0.1) is 5.41 Å². The van der Waals surface area contributed by atoms with Crippen molar-refractivity contribution in [3.8, 4) is 0 Å². The summed E-state index contributed by atoms with van der Waals surface area (Å²) in [5.74, 6) is 0. The predicted molar refractivity (Wildman–Crippen MR) is 47.3 cm³/mol. The molecule has 0 aromatic heterocycles. The van der Waals surface area contributed by atoms with Gasteiger partial charge in [-0.1, -0.05) is 19.8 Å². The van der Waals surface area contributed by atoms with Gasteiger partial charge in [0.25, 0.3) is 0 Å². The Morgan fingerprint density at radius 3 is 2.09 bits per heavy atom.